The molecule has 0 unspecified atom stereocenters. The van der Waals surface area contributed by atoms with Crippen molar-refractivity contribution in [3.63, 3.8) is 0 Å². The highest BCUT2D eigenvalue weighted by Gasteiger charge is 2.18. The molecule has 0 aliphatic heterocycles. The summed E-state index contributed by atoms with van der Waals surface area (Å²) in [7, 11) is -4.05. The van der Waals surface area contributed by atoms with Crippen LogP contribution < -0.4 is 0 Å². The summed E-state index contributed by atoms with van der Waals surface area (Å²) in [5.41, 5.74) is 1.10. The minimum Gasteiger partial charge on any atom is -0.338 e. The van der Waals surface area contributed by atoms with Gasteiger partial charge in [0.25, 0.3) is 0 Å². The van der Waals surface area contributed by atoms with E-state index in [0.717, 1.165) is 24.5 Å². The van der Waals surface area contributed by atoms with Crippen LogP contribution in [0.2, 0.25) is 0 Å². The first-order valence-electron chi connectivity index (χ1n) is 9.69. The Bertz CT molecular complexity index is 632. The van der Waals surface area contributed by atoms with E-state index in [-0.39, 0.29) is 4.90 Å². The van der Waals surface area contributed by atoms with E-state index in [0.29, 0.717) is 0 Å². The predicted octanol–water partition coefficient (Wildman–Crippen LogP) is 5.57. The molecule has 0 N–H and O–H groups in total. The van der Waals surface area contributed by atoms with Crippen molar-refractivity contribution in [2.75, 3.05) is 0 Å². The molecular weight excluding hydrogens is 348 g/mol. The largest absolute Gasteiger partial charge is 0.346 e. The third-order valence-corrected chi connectivity index (χ3v) is 5.62. The summed E-state index contributed by atoms with van der Waals surface area (Å²) in [5.74, 6) is -0.973. The summed E-state index contributed by atoms with van der Waals surface area (Å²) in [6.45, 7) is 5.43. The lowest BCUT2D eigenvalue weighted by molar-refractivity contribution is -0.128. The molecule has 1 aromatic rings. The zero-order valence-electron chi connectivity index (χ0n) is 15.9. The van der Waals surface area contributed by atoms with Crippen molar-refractivity contribution in [3.05, 3.63) is 42.5 Å². The molecule has 0 aromatic heterocycles. The van der Waals surface area contributed by atoms with Crippen molar-refractivity contribution in [3.8, 4) is 0 Å². The van der Waals surface area contributed by atoms with Crippen molar-refractivity contribution in [1.29, 1.82) is 0 Å². The molecule has 0 saturated heterocycles. The summed E-state index contributed by atoms with van der Waals surface area (Å²) < 4.78 is 28.1. The van der Waals surface area contributed by atoms with Crippen LogP contribution in [-0.4, -0.2) is 14.4 Å². The van der Waals surface area contributed by atoms with E-state index >= 15 is 0 Å². The van der Waals surface area contributed by atoms with E-state index in [1.807, 2.05) is 0 Å². The van der Waals surface area contributed by atoms with Crippen LogP contribution in [-0.2, 0) is 25.5 Å². The van der Waals surface area contributed by atoms with E-state index in [1.54, 1.807) is 12.1 Å². The summed E-state index contributed by atoms with van der Waals surface area (Å²) in [6.07, 6.45) is 14.7. The monoisotopic (exact) mass is 380 g/mol. The van der Waals surface area contributed by atoms with Crippen LogP contribution in [0.1, 0.15) is 76.7 Å². The van der Waals surface area contributed by atoms with E-state index in [2.05, 4.69) is 17.7 Å². The smallest absolute Gasteiger partial charge is 0.338 e. The molecule has 0 bridgehead atoms. The molecule has 4 nitrogen and oxygen atoms in total. The Balaban J connectivity index is 2.23. The highest BCUT2D eigenvalue weighted by atomic mass is 32.2. The normalized spacial score (nSPS) is 11.3. The standard InChI is InChI=1S/C21H32O4S/c1-3-5-6-7-8-9-10-11-12-13-14-19-15-17-20(18-16-19)26(23,24)25-21(22)4-2/h4,15-18H,2-3,5-14H2,1H3. The van der Waals surface area contributed by atoms with Gasteiger partial charge in [-0.15, -0.1) is 0 Å². The quantitative estimate of drug-likeness (QED) is 0.240. The number of hydrogen-bond acceptors (Lipinski definition) is 4. The number of hydrogen-bond donors (Lipinski definition) is 0. The van der Waals surface area contributed by atoms with Gasteiger partial charge in [0.2, 0.25) is 0 Å². The van der Waals surface area contributed by atoms with Crippen LogP contribution in [0.15, 0.2) is 41.8 Å². The molecule has 0 aliphatic rings. The van der Waals surface area contributed by atoms with Crippen molar-refractivity contribution in [2.45, 2.75) is 82.4 Å². The number of rotatable bonds is 14. The summed E-state index contributed by atoms with van der Waals surface area (Å²) in [4.78, 5) is 11.0. The van der Waals surface area contributed by atoms with Gasteiger partial charge in [0.05, 0.1) is 0 Å². The van der Waals surface area contributed by atoms with Gasteiger partial charge in [0.15, 0.2) is 0 Å². The molecule has 0 spiro atoms. The maximum absolute atomic E-state index is 11.9. The highest BCUT2D eigenvalue weighted by molar-refractivity contribution is 7.87. The van der Waals surface area contributed by atoms with Crippen LogP contribution in [0.25, 0.3) is 0 Å². The summed E-state index contributed by atoms with van der Waals surface area (Å²) in [5, 5.41) is 0. The molecule has 1 aromatic carbocycles. The van der Waals surface area contributed by atoms with Crippen molar-refractivity contribution in [1.82, 2.24) is 0 Å². The number of aryl methyl sites for hydroxylation is 1. The number of carbonyl (C=O) groups is 1. The zero-order valence-corrected chi connectivity index (χ0v) is 16.7. The summed E-state index contributed by atoms with van der Waals surface area (Å²) >= 11 is 0. The third-order valence-electron chi connectivity index (χ3n) is 4.39. The second kappa shape index (κ2) is 12.7. The number of unbranched alkanes of at least 4 members (excludes halogenated alkanes) is 9. The summed E-state index contributed by atoms with van der Waals surface area (Å²) in [6, 6.07) is 6.53. The Morgan fingerprint density at radius 3 is 1.92 bits per heavy atom. The van der Waals surface area contributed by atoms with Crippen molar-refractivity contribution >= 4 is 16.1 Å². The SMILES string of the molecule is C=CC(=O)OS(=O)(=O)c1ccc(CCCCCCCCCCCC)cc1. The minimum atomic E-state index is -4.05. The molecular formula is C21H32O4S. The number of benzene rings is 1. The van der Waals surface area contributed by atoms with Gasteiger partial charge in [0.1, 0.15) is 4.90 Å². The first-order valence-corrected chi connectivity index (χ1v) is 11.1. The fraction of sp³-hybridized carbons (Fsp3) is 0.571. The molecule has 5 heteroatoms. The lowest BCUT2D eigenvalue weighted by atomic mass is 10.0. The molecule has 0 atom stereocenters. The Kier molecular flexibility index (Phi) is 10.9. The van der Waals surface area contributed by atoms with Gasteiger partial charge in [0, 0.05) is 6.08 Å². The van der Waals surface area contributed by atoms with Crippen molar-refractivity contribution < 1.29 is 17.4 Å². The van der Waals surface area contributed by atoms with E-state index in [4.69, 9.17) is 0 Å². The average Bonchev–Trinajstić information content (AvgIpc) is 2.63. The van der Waals surface area contributed by atoms with Gasteiger partial charge < -0.3 is 4.18 Å². The maximum atomic E-state index is 11.9. The Morgan fingerprint density at radius 2 is 1.42 bits per heavy atom. The van der Waals surface area contributed by atoms with Crippen molar-refractivity contribution in [2.24, 2.45) is 0 Å². The number of carbonyl (C=O) groups excluding carboxylic acids is 1. The average molecular weight is 381 g/mol. The highest BCUT2D eigenvalue weighted by Crippen LogP contribution is 2.16. The minimum absolute atomic E-state index is 0.0143. The fourth-order valence-electron chi connectivity index (χ4n) is 2.83. The molecule has 0 heterocycles. The molecule has 0 fully saturated rings. The second-order valence-electron chi connectivity index (χ2n) is 6.64. The van der Waals surface area contributed by atoms with Crippen LogP contribution in [0.4, 0.5) is 0 Å². The first kappa shape index (κ1) is 22.4. The Labute approximate surface area is 158 Å². The second-order valence-corrected chi connectivity index (χ2v) is 8.18. The van der Waals surface area contributed by atoms with Gasteiger partial charge in [-0.2, -0.15) is 8.42 Å². The predicted molar refractivity (Wildman–Crippen MR) is 105 cm³/mol. The van der Waals surface area contributed by atoms with E-state index in [1.165, 1.54) is 69.9 Å². The van der Waals surface area contributed by atoms with E-state index < -0.39 is 16.1 Å². The van der Waals surface area contributed by atoms with Crippen LogP contribution in [0.3, 0.4) is 0 Å². The lowest BCUT2D eigenvalue weighted by Gasteiger charge is -2.06. The molecule has 146 valence electrons. The lowest BCUT2D eigenvalue weighted by Crippen LogP contribution is -2.11. The molecule has 0 radical (unpaired) electrons. The molecule has 0 aliphatic carbocycles. The zero-order chi connectivity index (χ0) is 19.3. The molecule has 0 amide bonds. The topological polar surface area (TPSA) is 60.4 Å². The molecule has 26 heavy (non-hydrogen) atoms. The third kappa shape index (κ3) is 9.18. The van der Waals surface area contributed by atoms with Crippen LogP contribution in [0.5, 0.6) is 0 Å². The van der Waals surface area contributed by atoms with Gasteiger partial charge in [-0.1, -0.05) is 83.4 Å². The molecule has 1 rings (SSSR count). The van der Waals surface area contributed by atoms with Gasteiger partial charge in [-0.05, 0) is 30.5 Å². The van der Waals surface area contributed by atoms with E-state index in [9.17, 15) is 13.2 Å². The fourth-order valence-corrected chi connectivity index (χ4v) is 3.68. The van der Waals surface area contributed by atoms with Gasteiger partial charge >= 0.3 is 16.1 Å². The first-order chi connectivity index (χ1) is 12.5. The maximum Gasteiger partial charge on any atom is 0.346 e. The van der Waals surface area contributed by atoms with Gasteiger partial charge in [-0.3, -0.25) is 0 Å². The Morgan fingerprint density at radius 1 is 0.923 bits per heavy atom. The van der Waals surface area contributed by atoms with Gasteiger partial charge in [-0.25, -0.2) is 4.79 Å². The van der Waals surface area contributed by atoms with Crippen LogP contribution in [0, 0.1) is 0 Å². The molecule has 0 saturated carbocycles. The van der Waals surface area contributed by atoms with Crippen LogP contribution >= 0.6 is 0 Å². The Hall–Kier alpha value is -1.62.